The van der Waals surface area contributed by atoms with Crippen LogP contribution in [-0.2, 0) is 34.0 Å². The molecule has 46 heavy (non-hydrogen) atoms. The third-order valence-electron chi connectivity index (χ3n) is 6.97. The van der Waals surface area contributed by atoms with Gasteiger partial charge in [0.15, 0.2) is 13.1 Å². The van der Waals surface area contributed by atoms with Crippen LogP contribution in [0.5, 0.6) is 0 Å². The number of quaternary nitrogens is 1. The molecule has 0 fully saturated rings. The Hall–Kier alpha value is -4.36. The van der Waals surface area contributed by atoms with E-state index < -0.39 is 77.0 Å². The minimum absolute atomic E-state index is 0.0300. The number of carboxylic acid groups (broad SMARTS) is 4. The summed E-state index contributed by atoms with van der Waals surface area (Å²) in [5.41, 5.74) is 0.838. The largest absolute Gasteiger partial charge is 0.480 e. The molecule has 2 aromatic rings. The molecule has 17 nitrogen and oxygen atoms in total. The van der Waals surface area contributed by atoms with Gasteiger partial charge in [-0.3, -0.25) is 19.3 Å². The zero-order chi connectivity index (χ0) is 34.5. The number of anilines is 1. The molecule has 0 aliphatic heterocycles. The van der Waals surface area contributed by atoms with Crippen LogP contribution < -0.4 is 20.3 Å². The molecule has 0 heterocycles. The average molecular weight is 670 g/mol. The van der Waals surface area contributed by atoms with Gasteiger partial charge in [-0.05, 0) is 12.1 Å². The summed E-state index contributed by atoms with van der Waals surface area (Å²) in [6.45, 7) is -3.54. The van der Waals surface area contributed by atoms with Gasteiger partial charge >= 0.3 is 23.9 Å². The van der Waals surface area contributed by atoms with Crippen LogP contribution >= 0.6 is 0 Å². The highest BCUT2D eigenvalue weighted by atomic mass is 32.2. The minimum Gasteiger partial charge on any atom is -0.480 e. The van der Waals surface area contributed by atoms with E-state index in [-0.39, 0.29) is 44.2 Å². The van der Waals surface area contributed by atoms with Gasteiger partial charge < -0.3 is 40.4 Å². The molecule has 0 spiro atoms. The molecule has 0 unspecified atom stereocenters. The lowest BCUT2D eigenvalue weighted by molar-refractivity contribution is -0.912. The van der Waals surface area contributed by atoms with Crippen LogP contribution in [0.1, 0.15) is 0 Å². The fourth-order valence-electron chi connectivity index (χ4n) is 4.94. The summed E-state index contributed by atoms with van der Waals surface area (Å²) in [6, 6.07) is 10.2. The molecule has 2 aromatic carbocycles. The highest BCUT2D eigenvalue weighted by Gasteiger charge is 2.34. The number of carboxylic acids is 4. The van der Waals surface area contributed by atoms with E-state index in [1.165, 1.54) is 11.0 Å². The van der Waals surface area contributed by atoms with Crippen LogP contribution in [0.4, 0.5) is 5.69 Å². The van der Waals surface area contributed by atoms with Crippen molar-refractivity contribution in [3.8, 4) is 0 Å². The molecular formula is C28H41N6O11S+. The van der Waals surface area contributed by atoms with Crippen molar-refractivity contribution in [2.75, 3.05) is 91.0 Å². The molecule has 2 rings (SSSR count). The lowest BCUT2D eigenvalue weighted by Crippen LogP contribution is -2.59. The number of hydrogen-bond acceptors (Lipinski definition) is 10. The van der Waals surface area contributed by atoms with Crippen molar-refractivity contribution in [1.82, 2.24) is 20.3 Å². The Morgan fingerprint density at radius 1 is 0.761 bits per heavy atom. The van der Waals surface area contributed by atoms with Crippen LogP contribution in [0.2, 0.25) is 0 Å². The first-order chi connectivity index (χ1) is 21.5. The van der Waals surface area contributed by atoms with Crippen molar-refractivity contribution in [1.29, 1.82) is 0 Å². The maximum atomic E-state index is 13.1. The summed E-state index contributed by atoms with van der Waals surface area (Å²) in [4.78, 5) is 61.3. The van der Waals surface area contributed by atoms with Gasteiger partial charge in [-0.25, -0.2) is 22.7 Å². The van der Waals surface area contributed by atoms with Crippen molar-refractivity contribution in [3.63, 3.8) is 0 Å². The van der Waals surface area contributed by atoms with Crippen LogP contribution in [0.25, 0.3) is 10.8 Å². The van der Waals surface area contributed by atoms with Gasteiger partial charge in [-0.1, -0.05) is 24.3 Å². The highest BCUT2D eigenvalue weighted by molar-refractivity contribution is 7.89. The van der Waals surface area contributed by atoms with Gasteiger partial charge in [0.2, 0.25) is 15.9 Å². The molecule has 0 atom stereocenters. The molecule has 7 N–H and O–H groups in total. The third kappa shape index (κ3) is 12.2. The number of hydrogen-bond donors (Lipinski definition) is 7. The second kappa shape index (κ2) is 17.4. The number of fused-ring (bicyclic) bond motifs is 1. The Morgan fingerprint density at radius 2 is 1.39 bits per heavy atom. The predicted molar refractivity (Wildman–Crippen MR) is 166 cm³/mol. The van der Waals surface area contributed by atoms with Crippen molar-refractivity contribution in [3.05, 3.63) is 36.4 Å². The van der Waals surface area contributed by atoms with E-state index in [0.29, 0.717) is 5.39 Å². The third-order valence-corrected chi connectivity index (χ3v) is 8.49. The first-order valence-electron chi connectivity index (χ1n) is 14.2. The molecule has 0 bridgehead atoms. The summed E-state index contributed by atoms with van der Waals surface area (Å²) in [5.74, 6) is -5.71. The van der Waals surface area contributed by atoms with Gasteiger partial charge in [-0.15, -0.1) is 0 Å². The minimum atomic E-state index is -3.97. The zero-order valence-electron chi connectivity index (χ0n) is 25.6. The van der Waals surface area contributed by atoms with E-state index in [4.69, 9.17) is 5.11 Å². The van der Waals surface area contributed by atoms with Crippen molar-refractivity contribution < 1.29 is 57.3 Å². The lowest BCUT2D eigenvalue weighted by atomic mass is 10.1. The fourth-order valence-corrected chi connectivity index (χ4v) is 6.19. The van der Waals surface area contributed by atoms with Gasteiger partial charge in [-0.2, -0.15) is 0 Å². The Labute approximate surface area is 266 Å². The van der Waals surface area contributed by atoms with Gasteiger partial charge in [0.1, 0.15) is 0 Å². The highest BCUT2D eigenvalue weighted by Crippen LogP contribution is 2.30. The second-order valence-corrected chi connectivity index (χ2v) is 12.6. The van der Waals surface area contributed by atoms with Gasteiger partial charge in [0, 0.05) is 56.7 Å². The lowest BCUT2D eigenvalue weighted by Gasteiger charge is -2.37. The molecule has 0 saturated heterocycles. The second-order valence-electron chi connectivity index (χ2n) is 10.8. The Bertz CT molecular complexity index is 1500. The van der Waals surface area contributed by atoms with E-state index in [2.05, 4.69) is 15.4 Å². The van der Waals surface area contributed by atoms with Gasteiger partial charge in [0.05, 0.1) is 37.6 Å². The Kier molecular flexibility index (Phi) is 14.3. The molecular weight excluding hydrogens is 628 g/mol. The molecule has 18 heteroatoms. The van der Waals surface area contributed by atoms with Crippen molar-refractivity contribution in [2.45, 2.75) is 4.90 Å². The molecule has 254 valence electrons. The number of aliphatic carboxylic acids is 4. The molecule has 0 radical (unpaired) electrons. The summed E-state index contributed by atoms with van der Waals surface area (Å²) in [7, 11) is -0.277. The quantitative estimate of drug-likeness (QED) is 0.0549. The first-order valence-corrected chi connectivity index (χ1v) is 15.6. The van der Waals surface area contributed by atoms with Crippen LogP contribution in [-0.4, -0.2) is 154 Å². The molecule has 0 aromatic heterocycles. The summed E-state index contributed by atoms with van der Waals surface area (Å²) < 4.78 is 28.1. The molecule has 0 aliphatic carbocycles. The summed E-state index contributed by atoms with van der Waals surface area (Å²) >= 11 is 0. The van der Waals surface area contributed by atoms with E-state index in [9.17, 15) is 47.7 Å². The van der Waals surface area contributed by atoms with E-state index in [1.807, 2.05) is 31.1 Å². The normalized spacial score (nSPS) is 11.8. The van der Waals surface area contributed by atoms with Gasteiger partial charge in [0.25, 0.3) is 0 Å². The monoisotopic (exact) mass is 669 g/mol. The Balaban J connectivity index is 2.05. The van der Waals surface area contributed by atoms with Crippen LogP contribution in [0.15, 0.2) is 41.3 Å². The van der Waals surface area contributed by atoms with E-state index >= 15 is 0 Å². The number of nitrogens with zero attached hydrogens (tertiary/aromatic N) is 3. The number of carbonyl (C=O) groups excluding carboxylic acids is 1. The number of amides is 1. The molecule has 1 amide bonds. The number of sulfonamides is 1. The smallest absolute Gasteiger partial charge is 0.359 e. The summed E-state index contributed by atoms with van der Waals surface area (Å²) in [5, 5.41) is 43.5. The summed E-state index contributed by atoms with van der Waals surface area (Å²) in [6.07, 6.45) is 0. The predicted octanol–water partition coefficient (Wildman–Crippen LogP) is -1.65. The van der Waals surface area contributed by atoms with Crippen molar-refractivity contribution >= 4 is 56.3 Å². The fraction of sp³-hybridized carbons (Fsp3) is 0.464. The number of carbonyl (C=O) groups is 5. The standard InChI is InChI=1S/C28H40N6O11S/c1-32(2)22-7-3-6-21-20(22)5-4-8-23(21)46(44,45)31-10-9-30-24(35)16-33(17-26(38)39)12-14-34(18-27(40)41,19-28(42)43)13-11-29-15-25(36)37/h3-8,29,31H,9-19H2,1-2H3,(H4-,30,35,36,37,38,39,40,41,42,43)/p+1. The topological polar surface area (TPSA) is 243 Å². The van der Waals surface area contributed by atoms with Crippen LogP contribution in [0.3, 0.4) is 0 Å². The van der Waals surface area contributed by atoms with E-state index in [0.717, 1.165) is 11.1 Å². The molecule has 0 saturated carbocycles. The average Bonchev–Trinajstić information content (AvgIpc) is 2.94. The Morgan fingerprint density at radius 3 is 1.98 bits per heavy atom. The number of benzene rings is 2. The first kappa shape index (κ1) is 37.8. The van der Waals surface area contributed by atoms with Crippen molar-refractivity contribution in [2.24, 2.45) is 0 Å². The molecule has 0 aliphatic rings. The maximum Gasteiger partial charge on any atom is 0.359 e. The zero-order valence-corrected chi connectivity index (χ0v) is 26.5. The number of rotatable bonds is 22. The maximum absolute atomic E-state index is 13.1. The van der Waals surface area contributed by atoms with E-state index in [1.54, 1.807) is 18.2 Å². The number of nitrogens with one attached hydrogen (secondary N) is 3. The van der Waals surface area contributed by atoms with Crippen LogP contribution in [0, 0.1) is 0 Å². The SMILES string of the molecule is CN(C)c1cccc2c(S(=O)(=O)NCCNC(=O)CN(CC[N+](CCNCC(=O)O)(CC(=O)O)CC(=O)O)CC(=O)O)cccc12.